The Balaban J connectivity index is 1.29. The fourth-order valence-corrected chi connectivity index (χ4v) is 5.49. The minimum Gasteiger partial charge on any atom is -0.497 e. The highest BCUT2D eigenvalue weighted by atomic mass is 16.5. The van der Waals surface area contributed by atoms with E-state index in [9.17, 15) is 0 Å². The summed E-state index contributed by atoms with van der Waals surface area (Å²) in [6.07, 6.45) is 24.6. The van der Waals surface area contributed by atoms with Gasteiger partial charge in [-0.3, -0.25) is 4.90 Å². The zero-order chi connectivity index (χ0) is 28.3. The van der Waals surface area contributed by atoms with Crippen LogP contribution in [0.2, 0.25) is 0 Å². The molecule has 0 saturated carbocycles. The van der Waals surface area contributed by atoms with Crippen molar-refractivity contribution in [3.05, 3.63) is 84.0 Å². The van der Waals surface area contributed by atoms with Gasteiger partial charge in [-0.1, -0.05) is 67.3 Å². The van der Waals surface area contributed by atoms with E-state index in [4.69, 9.17) is 4.74 Å². The van der Waals surface area contributed by atoms with Gasteiger partial charge in [-0.05, 0) is 83.3 Å². The van der Waals surface area contributed by atoms with Crippen molar-refractivity contribution in [1.82, 2.24) is 25.1 Å². The van der Waals surface area contributed by atoms with Crippen LogP contribution in [-0.4, -0.2) is 72.7 Å². The lowest BCUT2D eigenvalue weighted by atomic mass is 9.96. The van der Waals surface area contributed by atoms with Crippen LogP contribution in [0, 0.1) is 0 Å². The molecule has 6 heteroatoms. The number of hydrogen-bond donors (Lipinski definition) is 2. The Morgan fingerprint density at radius 3 is 2.38 bits per heavy atom. The largest absolute Gasteiger partial charge is 0.497 e. The van der Waals surface area contributed by atoms with E-state index in [1.807, 2.05) is 13.1 Å². The molecule has 1 aliphatic heterocycles. The van der Waals surface area contributed by atoms with E-state index >= 15 is 0 Å². The third-order valence-corrected chi connectivity index (χ3v) is 7.84. The molecule has 1 aromatic heterocycles. The number of unbranched alkanes of at least 4 members (excludes halogenated alkanes) is 5. The number of methoxy groups -OCH3 is 1. The normalized spacial score (nSPS) is 16.3. The minimum atomic E-state index is 0.299. The summed E-state index contributed by atoms with van der Waals surface area (Å²) in [6, 6.07) is 8.92. The van der Waals surface area contributed by atoms with Gasteiger partial charge in [0.25, 0.3) is 0 Å². The number of hydrogen-bond acceptors (Lipinski definition) is 5. The molecule has 0 spiro atoms. The number of nitrogens with one attached hydrogen (secondary N) is 2. The number of aryl methyl sites for hydroxylation is 1. The Kier molecular flexibility index (Phi) is 15.5. The van der Waals surface area contributed by atoms with Gasteiger partial charge in [-0.15, -0.1) is 0 Å². The quantitative estimate of drug-likeness (QED) is 0.151. The van der Waals surface area contributed by atoms with Crippen LogP contribution in [-0.2, 0) is 6.42 Å². The molecule has 2 N–H and O–H groups in total. The molecule has 3 rings (SSSR count). The molecule has 2 aromatic rings. The second-order valence-electron chi connectivity index (χ2n) is 10.9. The van der Waals surface area contributed by atoms with Crippen molar-refractivity contribution in [3.63, 3.8) is 0 Å². The molecule has 40 heavy (non-hydrogen) atoms. The number of H-pyrrole nitrogens is 1. The Hall–Kier alpha value is -2.67. The van der Waals surface area contributed by atoms with Crippen LogP contribution in [0.25, 0.3) is 0 Å². The zero-order valence-electron chi connectivity index (χ0n) is 25.3. The van der Waals surface area contributed by atoms with Gasteiger partial charge in [0.2, 0.25) is 0 Å². The first-order chi connectivity index (χ1) is 19.7. The van der Waals surface area contributed by atoms with Gasteiger partial charge in [0, 0.05) is 38.1 Å². The fourth-order valence-electron chi connectivity index (χ4n) is 5.49. The van der Waals surface area contributed by atoms with E-state index in [1.54, 1.807) is 13.4 Å². The zero-order valence-corrected chi connectivity index (χ0v) is 25.3. The molecule has 1 fully saturated rings. The van der Waals surface area contributed by atoms with Gasteiger partial charge in [-0.2, -0.15) is 0 Å². The highest BCUT2D eigenvalue weighted by Gasteiger charge is 2.26. The molecule has 0 bridgehead atoms. The van der Waals surface area contributed by atoms with E-state index < -0.39 is 0 Å². The van der Waals surface area contributed by atoms with E-state index in [0.717, 1.165) is 51.4 Å². The Morgan fingerprint density at radius 1 is 0.950 bits per heavy atom. The van der Waals surface area contributed by atoms with Crippen LogP contribution in [0.4, 0.5) is 0 Å². The molecule has 1 unspecified atom stereocenters. The third kappa shape index (κ3) is 11.8. The van der Waals surface area contributed by atoms with Crippen molar-refractivity contribution in [3.8, 4) is 5.75 Å². The molecule has 1 atom stereocenters. The van der Waals surface area contributed by atoms with Crippen LogP contribution in [0.3, 0.4) is 0 Å². The van der Waals surface area contributed by atoms with Crippen molar-refractivity contribution in [2.45, 2.75) is 71.3 Å². The lowest BCUT2D eigenvalue weighted by Gasteiger charge is -2.40. The maximum Gasteiger partial charge on any atom is 0.118 e. The molecule has 1 saturated heterocycles. The predicted molar refractivity (Wildman–Crippen MR) is 169 cm³/mol. The third-order valence-electron chi connectivity index (χ3n) is 7.84. The lowest BCUT2D eigenvalue weighted by Crippen LogP contribution is -2.48. The molecule has 2 heterocycles. The minimum absolute atomic E-state index is 0.299. The van der Waals surface area contributed by atoms with Gasteiger partial charge >= 0.3 is 0 Å². The monoisotopic (exact) mass is 547 g/mol. The number of ether oxygens (including phenoxy) is 1. The van der Waals surface area contributed by atoms with E-state index in [0.29, 0.717) is 6.04 Å². The number of benzene rings is 1. The smallest absolute Gasteiger partial charge is 0.118 e. The van der Waals surface area contributed by atoms with Crippen molar-refractivity contribution in [2.75, 3.05) is 52.9 Å². The summed E-state index contributed by atoms with van der Waals surface area (Å²) in [5.41, 5.74) is 3.96. The summed E-state index contributed by atoms with van der Waals surface area (Å²) in [6.45, 7) is 12.3. The standard InChI is InChI=1S/C34H53N5O/c1-4-5-6-10-15-30(2)34(31-17-19-33(40-3)20-18-31)39-26-24-38(25-27-39)23-14-9-7-8-12-21-35-22-13-11-16-32-28-36-29-37-32/h4-6,10,15,17-20,28-29,34-35H,7-9,11-14,16,21-27H2,1-3H3,(H,36,37)/b5-4+,10-6-,30-15+. The maximum absolute atomic E-state index is 5.40. The Labute approximate surface area is 243 Å². The topological polar surface area (TPSA) is 56.4 Å². The molecule has 1 aromatic carbocycles. The predicted octanol–water partition coefficient (Wildman–Crippen LogP) is 6.72. The highest BCUT2D eigenvalue weighted by molar-refractivity contribution is 5.34. The van der Waals surface area contributed by atoms with Crippen molar-refractivity contribution in [1.29, 1.82) is 0 Å². The number of allylic oxidation sites excluding steroid dienone is 5. The number of aromatic amines is 1. The molecule has 0 amide bonds. The molecule has 0 radical (unpaired) electrons. The van der Waals surface area contributed by atoms with Crippen LogP contribution in [0.5, 0.6) is 5.75 Å². The summed E-state index contributed by atoms with van der Waals surface area (Å²) < 4.78 is 5.40. The average Bonchev–Trinajstić information content (AvgIpc) is 3.51. The second-order valence-corrected chi connectivity index (χ2v) is 10.9. The summed E-state index contributed by atoms with van der Waals surface area (Å²) in [4.78, 5) is 12.6. The number of piperazine rings is 1. The van der Waals surface area contributed by atoms with Crippen molar-refractivity contribution >= 4 is 0 Å². The van der Waals surface area contributed by atoms with Gasteiger partial charge in [0.05, 0.1) is 19.5 Å². The molecule has 0 aliphatic carbocycles. The SMILES string of the molecule is C/C=C/C=C\C=C(/C)C(c1ccc(OC)cc1)N1CCN(CCCCCCCNCCCCc2cnc[nH]2)CC1. The Morgan fingerprint density at radius 2 is 1.68 bits per heavy atom. The number of imidazole rings is 1. The fraction of sp³-hybridized carbons (Fsp3) is 0.559. The van der Waals surface area contributed by atoms with Gasteiger partial charge in [0.15, 0.2) is 0 Å². The number of rotatable bonds is 19. The first-order valence-electron chi connectivity index (χ1n) is 15.5. The first-order valence-corrected chi connectivity index (χ1v) is 15.5. The molecular formula is C34H53N5O. The van der Waals surface area contributed by atoms with Gasteiger partial charge < -0.3 is 19.9 Å². The van der Waals surface area contributed by atoms with E-state index in [2.05, 4.69) is 86.7 Å². The summed E-state index contributed by atoms with van der Waals surface area (Å²) in [5, 5.41) is 3.61. The average molecular weight is 548 g/mol. The van der Waals surface area contributed by atoms with E-state index in [1.165, 1.54) is 68.3 Å². The lowest BCUT2D eigenvalue weighted by molar-refractivity contribution is 0.107. The van der Waals surface area contributed by atoms with Crippen molar-refractivity contribution < 1.29 is 4.74 Å². The van der Waals surface area contributed by atoms with Gasteiger partial charge in [-0.25, -0.2) is 4.98 Å². The molecule has 220 valence electrons. The van der Waals surface area contributed by atoms with Crippen LogP contribution >= 0.6 is 0 Å². The maximum atomic E-state index is 5.40. The Bertz CT molecular complexity index is 988. The summed E-state index contributed by atoms with van der Waals surface area (Å²) in [5.74, 6) is 0.912. The number of nitrogens with zero attached hydrogens (tertiary/aromatic N) is 3. The number of aromatic nitrogens is 2. The molecule has 6 nitrogen and oxygen atoms in total. The molecular weight excluding hydrogens is 494 g/mol. The van der Waals surface area contributed by atoms with Gasteiger partial charge in [0.1, 0.15) is 5.75 Å². The van der Waals surface area contributed by atoms with Crippen LogP contribution in [0.15, 0.2) is 72.7 Å². The van der Waals surface area contributed by atoms with E-state index in [-0.39, 0.29) is 0 Å². The first kappa shape index (κ1) is 31.9. The van der Waals surface area contributed by atoms with Crippen LogP contribution < -0.4 is 10.1 Å². The van der Waals surface area contributed by atoms with Crippen molar-refractivity contribution in [2.24, 2.45) is 0 Å². The molecule has 1 aliphatic rings. The summed E-state index contributed by atoms with van der Waals surface area (Å²) >= 11 is 0. The summed E-state index contributed by atoms with van der Waals surface area (Å²) in [7, 11) is 1.73. The van der Waals surface area contributed by atoms with Crippen LogP contribution in [0.1, 0.15) is 76.1 Å². The highest BCUT2D eigenvalue weighted by Crippen LogP contribution is 2.30. The second kappa shape index (κ2) is 19.4.